The molecule has 2 aromatic heterocycles. The lowest BCUT2D eigenvalue weighted by atomic mass is 9.88. The molecule has 4 heterocycles. The van der Waals surface area contributed by atoms with Gasteiger partial charge in [-0.25, -0.2) is 15.4 Å². The van der Waals surface area contributed by atoms with Crippen LogP contribution >= 0.6 is 0 Å². The maximum absolute atomic E-state index is 14.2. The Morgan fingerprint density at radius 2 is 1.89 bits per heavy atom. The van der Waals surface area contributed by atoms with E-state index >= 15 is 0 Å². The normalized spacial score (nSPS) is 21.9. The minimum absolute atomic E-state index is 0.0667. The van der Waals surface area contributed by atoms with Crippen molar-refractivity contribution in [2.24, 2.45) is 0 Å². The molecule has 2 aliphatic rings. The third-order valence-corrected chi connectivity index (χ3v) is 6.60. The minimum atomic E-state index is -4.64. The number of amides is 1. The summed E-state index contributed by atoms with van der Waals surface area (Å²) < 4.78 is 59.0. The van der Waals surface area contributed by atoms with E-state index in [0.717, 1.165) is 5.01 Å². The molecule has 3 atom stereocenters. The Balaban J connectivity index is 1.55. The van der Waals surface area contributed by atoms with Crippen LogP contribution in [0.2, 0.25) is 0 Å². The molecule has 2 aliphatic heterocycles. The van der Waals surface area contributed by atoms with Gasteiger partial charge in [-0.2, -0.15) is 13.2 Å². The fourth-order valence-electron chi connectivity index (χ4n) is 4.90. The van der Waals surface area contributed by atoms with E-state index in [1.165, 1.54) is 13.4 Å². The van der Waals surface area contributed by atoms with Crippen LogP contribution in [0.4, 0.5) is 13.2 Å². The first-order chi connectivity index (χ1) is 17.8. The summed E-state index contributed by atoms with van der Waals surface area (Å²) in [5.41, 5.74) is 4.51. The lowest BCUT2D eigenvalue weighted by Crippen LogP contribution is -2.54. The van der Waals surface area contributed by atoms with Crippen LogP contribution < -0.4 is 15.5 Å². The highest BCUT2D eigenvalue weighted by Crippen LogP contribution is 2.44. The van der Waals surface area contributed by atoms with Crippen LogP contribution in [0.1, 0.15) is 28.6 Å². The van der Waals surface area contributed by atoms with E-state index in [2.05, 4.69) is 20.9 Å². The zero-order valence-electron chi connectivity index (χ0n) is 19.5. The van der Waals surface area contributed by atoms with Gasteiger partial charge in [-0.15, -0.1) is 0 Å². The summed E-state index contributed by atoms with van der Waals surface area (Å²) in [5, 5.41) is 8.01. The van der Waals surface area contributed by atoms with E-state index in [4.69, 9.17) is 13.7 Å². The molecule has 12 heteroatoms. The van der Waals surface area contributed by atoms with E-state index in [1.54, 1.807) is 55.5 Å². The van der Waals surface area contributed by atoms with E-state index in [-0.39, 0.29) is 17.2 Å². The molecule has 6 rings (SSSR count). The number of fused-ring (bicyclic) bond motifs is 2. The number of methoxy groups -OCH3 is 1. The van der Waals surface area contributed by atoms with E-state index < -0.39 is 30.2 Å². The Labute approximate surface area is 207 Å². The lowest BCUT2D eigenvalue weighted by molar-refractivity contribution is -0.161. The highest BCUT2D eigenvalue weighted by atomic mass is 19.4. The molecule has 4 aromatic rings. The number of halogens is 3. The predicted octanol–water partition coefficient (Wildman–Crippen LogP) is 3.99. The average Bonchev–Trinajstić information content (AvgIpc) is 3.60. The largest absolute Gasteiger partial charge is 0.494 e. The summed E-state index contributed by atoms with van der Waals surface area (Å²) in [6.45, 7) is 1.66. The Morgan fingerprint density at radius 3 is 2.57 bits per heavy atom. The second-order valence-electron chi connectivity index (χ2n) is 8.74. The summed E-state index contributed by atoms with van der Waals surface area (Å²) in [5.74, 6) is -1.55. The number of benzene rings is 2. The Morgan fingerprint density at radius 1 is 1.11 bits per heavy atom. The van der Waals surface area contributed by atoms with Crippen molar-refractivity contribution in [3.05, 3.63) is 77.5 Å². The molecule has 0 bridgehead atoms. The number of para-hydroxylation sites is 1. The van der Waals surface area contributed by atoms with Crippen LogP contribution in [-0.4, -0.2) is 46.6 Å². The first-order valence-corrected chi connectivity index (χ1v) is 11.4. The van der Waals surface area contributed by atoms with Crippen molar-refractivity contribution < 1.29 is 31.6 Å². The van der Waals surface area contributed by atoms with Gasteiger partial charge in [0.25, 0.3) is 5.91 Å². The van der Waals surface area contributed by atoms with Crippen molar-refractivity contribution in [2.45, 2.75) is 31.2 Å². The molecular formula is C25H20F3N5O4. The second kappa shape index (κ2) is 8.37. The number of oxazole rings is 1. The number of carbonyl (C=O) groups is 1. The zero-order valence-corrected chi connectivity index (χ0v) is 19.5. The fraction of sp³-hybridized carbons (Fsp3) is 0.240. The number of ether oxygens (including phenoxy) is 1. The molecule has 0 aliphatic carbocycles. The molecule has 1 fully saturated rings. The molecule has 2 aromatic carbocycles. The second-order valence-corrected chi connectivity index (χ2v) is 8.74. The molecule has 0 saturated carbocycles. The highest BCUT2D eigenvalue weighted by Gasteiger charge is 2.58. The van der Waals surface area contributed by atoms with Gasteiger partial charge in [0, 0.05) is 0 Å². The third-order valence-electron chi connectivity index (χ3n) is 6.60. The van der Waals surface area contributed by atoms with Crippen LogP contribution in [-0.2, 0) is 4.79 Å². The minimum Gasteiger partial charge on any atom is -0.494 e. The van der Waals surface area contributed by atoms with Crippen LogP contribution in [0.15, 0.2) is 63.7 Å². The van der Waals surface area contributed by atoms with Crippen LogP contribution in [0, 0.1) is 6.92 Å². The number of carbonyl (C=O) groups excluding carboxylic acids is 1. The Bertz CT molecular complexity index is 1530. The van der Waals surface area contributed by atoms with Crippen LogP contribution in [0.3, 0.4) is 0 Å². The number of hydrogen-bond acceptors (Lipinski definition) is 8. The molecule has 1 saturated heterocycles. The van der Waals surface area contributed by atoms with Crippen molar-refractivity contribution in [1.82, 2.24) is 25.9 Å². The maximum atomic E-state index is 14.2. The quantitative estimate of drug-likeness (QED) is 0.424. The van der Waals surface area contributed by atoms with Gasteiger partial charge >= 0.3 is 6.18 Å². The number of hydrogen-bond donors (Lipinski definition) is 2. The Kier molecular flexibility index (Phi) is 5.23. The molecule has 0 radical (unpaired) electrons. The molecule has 190 valence electrons. The van der Waals surface area contributed by atoms with Gasteiger partial charge < -0.3 is 19.0 Å². The van der Waals surface area contributed by atoms with Crippen molar-refractivity contribution in [2.75, 3.05) is 7.11 Å². The first-order valence-electron chi connectivity index (χ1n) is 11.4. The Hall–Kier alpha value is -4.32. The van der Waals surface area contributed by atoms with Gasteiger partial charge in [-0.3, -0.25) is 4.79 Å². The molecule has 37 heavy (non-hydrogen) atoms. The van der Waals surface area contributed by atoms with Crippen molar-refractivity contribution in [3.63, 3.8) is 0 Å². The number of aryl methyl sites for hydroxylation is 1. The number of nitrogens with zero attached hydrogens (tertiary/aromatic N) is 3. The van der Waals surface area contributed by atoms with Crippen molar-refractivity contribution >= 4 is 28.3 Å². The smallest absolute Gasteiger partial charge is 0.406 e. The third kappa shape index (κ3) is 3.63. The van der Waals surface area contributed by atoms with Gasteiger partial charge in [0.05, 0.1) is 30.0 Å². The van der Waals surface area contributed by atoms with E-state index in [0.29, 0.717) is 33.7 Å². The fourth-order valence-corrected chi connectivity index (χ4v) is 4.90. The molecular weight excluding hydrogens is 491 g/mol. The summed E-state index contributed by atoms with van der Waals surface area (Å²) >= 11 is 0. The summed E-state index contributed by atoms with van der Waals surface area (Å²) in [6, 6.07) is 11.3. The number of rotatable bonds is 4. The van der Waals surface area contributed by atoms with Gasteiger partial charge in [-0.1, -0.05) is 41.6 Å². The molecule has 2 N–H and O–H groups in total. The van der Waals surface area contributed by atoms with Gasteiger partial charge in [0.2, 0.25) is 5.89 Å². The lowest BCUT2D eigenvalue weighted by Gasteiger charge is -2.35. The van der Waals surface area contributed by atoms with Crippen LogP contribution in [0.5, 0.6) is 5.75 Å². The summed E-state index contributed by atoms with van der Waals surface area (Å²) in [4.78, 5) is 18.4. The van der Waals surface area contributed by atoms with Crippen molar-refractivity contribution in [1.29, 1.82) is 0 Å². The van der Waals surface area contributed by atoms with Gasteiger partial charge in [0.15, 0.2) is 11.1 Å². The summed E-state index contributed by atoms with van der Waals surface area (Å²) in [7, 11) is 1.47. The molecule has 0 spiro atoms. The highest BCUT2D eigenvalue weighted by molar-refractivity contribution is 6.26. The number of alkyl halides is 3. The number of hydrazine groups is 1. The molecule has 3 unspecified atom stereocenters. The van der Waals surface area contributed by atoms with Crippen molar-refractivity contribution in [3.8, 4) is 5.75 Å². The SMILES string of the molecule is COc1cccc2oc(C3=C(c4conc4C)NC4C(c5ccccc5)C(C(F)(F)F)NN4C3=O)nc12. The summed E-state index contributed by atoms with van der Waals surface area (Å²) in [6.07, 6.45) is -4.39. The standard InChI is InChI=1S/C25H20F3N5O4/c1-12-14(11-36-32-12)19-18(23-30-20-15(35-2)9-6-10-16(20)37-23)24(34)33-22(29-19)17(13-7-4-3-5-8-13)21(31-33)25(26,27)28/h3-11,17,21-22,29,31H,1-2H3. The number of aromatic nitrogens is 2. The maximum Gasteiger partial charge on any atom is 0.406 e. The molecule has 1 amide bonds. The average molecular weight is 511 g/mol. The first kappa shape index (κ1) is 23.1. The zero-order chi connectivity index (χ0) is 25.9. The topological polar surface area (TPSA) is 106 Å². The number of nitrogens with one attached hydrogen (secondary N) is 2. The monoisotopic (exact) mass is 511 g/mol. The van der Waals surface area contributed by atoms with Gasteiger partial charge in [0.1, 0.15) is 29.8 Å². The van der Waals surface area contributed by atoms with E-state index in [1.807, 2.05) is 0 Å². The predicted molar refractivity (Wildman–Crippen MR) is 125 cm³/mol. The van der Waals surface area contributed by atoms with Gasteiger partial charge in [-0.05, 0) is 24.6 Å². The molecule has 9 nitrogen and oxygen atoms in total. The van der Waals surface area contributed by atoms with E-state index in [9.17, 15) is 18.0 Å². The van der Waals surface area contributed by atoms with Crippen LogP contribution in [0.25, 0.3) is 22.4 Å².